The number of benzene rings is 1. The van der Waals surface area contributed by atoms with Crippen molar-refractivity contribution in [2.75, 3.05) is 0 Å². The Labute approximate surface area is 96.0 Å². The summed E-state index contributed by atoms with van der Waals surface area (Å²) in [4.78, 5) is 0. The Balaban J connectivity index is 2.23. The van der Waals surface area contributed by atoms with Gasteiger partial charge in [0.1, 0.15) is 11.6 Å². The first-order valence-electron chi connectivity index (χ1n) is 5.04. The molecule has 2 aromatic heterocycles. The molecule has 5 heteroatoms. The molecule has 0 saturated carbocycles. The van der Waals surface area contributed by atoms with Crippen LogP contribution >= 0.6 is 0 Å². The number of nitrogens with zero attached hydrogens (tertiary/aromatic N) is 3. The zero-order valence-electron chi connectivity index (χ0n) is 8.71. The maximum atomic E-state index is 12.8. The van der Waals surface area contributed by atoms with Crippen LogP contribution in [0.3, 0.4) is 0 Å². The Morgan fingerprint density at radius 1 is 1.00 bits per heavy atom. The maximum Gasteiger partial charge on any atom is 0.168 e. The molecule has 0 saturated heterocycles. The lowest BCUT2D eigenvalue weighted by Gasteiger charge is -2.00. The number of fused-ring (bicyclic) bond motifs is 1. The lowest BCUT2D eigenvalue weighted by atomic mass is 10.2. The summed E-state index contributed by atoms with van der Waals surface area (Å²) in [5.74, 6) is 0.391. The van der Waals surface area contributed by atoms with Crippen LogP contribution < -0.4 is 0 Å². The van der Waals surface area contributed by atoms with Gasteiger partial charge in [0.25, 0.3) is 0 Å². The maximum absolute atomic E-state index is 12.8. The summed E-state index contributed by atoms with van der Waals surface area (Å²) in [6.07, 6.45) is 1.52. The van der Waals surface area contributed by atoms with Gasteiger partial charge < -0.3 is 5.11 Å². The van der Waals surface area contributed by atoms with Gasteiger partial charge in [0.15, 0.2) is 11.5 Å². The minimum absolute atomic E-state index is 0.126. The zero-order chi connectivity index (χ0) is 11.8. The van der Waals surface area contributed by atoms with E-state index >= 15 is 0 Å². The topological polar surface area (TPSA) is 50.4 Å². The Morgan fingerprint density at radius 2 is 1.76 bits per heavy atom. The molecular formula is C12H8FN3O. The Hall–Kier alpha value is -2.43. The van der Waals surface area contributed by atoms with E-state index < -0.39 is 0 Å². The molecule has 0 aliphatic carbocycles. The van der Waals surface area contributed by atoms with Crippen molar-refractivity contribution in [3.05, 3.63) is 48.4 Å². The Bertz CT molecular complexity index is 676. The minimum atomic E-state index is -0.301. The lowest BCUT2D eigenvalue weighted by molar-refractivity contribution is 0.472. The normalized spacial score (nSPS) is 10.9. The third-order valence-electron chi connectivity index (χ3n) is 2.49. The molecule has 0 spiro atoms. The van der Waals surface area contributed by atoms with Gasteiger partial charge in [-0.2, -0.15) is 0 Å². The predicted molar refractivity (Wildman–Crippen MR) is 60.0 cm³/mol. The average molecular weight is 229 g/mol. The molecule has 17 heavy (non-hydrogen) atoms. The van der Waals surface area contributed by atoms with Crippen molar-refractivity contribution >= 4 is 5.65 Å². The van der Waals surface area contributed by atoms with E-state index in [0.29, 0.717) is 11.5 Å². The largest absolute Gasteiger partial charge is 0.506 e. The summed E-state index contributed by atoms with van der Waals surface area (Å²) < 4.78 is 14.5. The van der Waals surface area contributed by atoms with E-state index in [-0.39, 0.29) is 11.6 Å². The van der Waals surface area contributed by atoms with Crippen LogP contribution in [0.25, 0.3) is 17.0 Å². The molecule has 0 bridgehead atoms. The SMILES string of the molecule is Oc1ccc2nnc(-c3ccc(F)cc3)n2c1. The van der Waals surface area contributed by atoms with Crippen molar-refractivity contribution in [3.8, 4) is 17.1 Å². The van der Waals surface area contributed by atoms with Crippen molar-refractivity contribution in [1.82, 2.24) is 14.6 Å². The second-order valence-electron chi connectivity index (χ2n) is 3.65. The van der Waals surface area contributed by atoms with Crippen LogP contribution in [0.2, 0.25) is 0 Å². The summed E-state index contributed by atoms with van der Waals surface area (Å²) in [5.41, 5.74) is 1.37. The third-order valence-corrected chi connectivity index (χ3v) is 2.49. The van der Waals surface area contributed by atoms with Gasteiger partial charge in [0, 0.05) is 5.56 Å². The lowest BCUT2D eigenvalue weighted by Crippen LogP contribution is -1.89. The fourth-order valence-electron chi connectivity index (χ4n) is 1.68. The van der Waals surface area contributed by atoms with Gasteiger partial charge in [-0.05, 0) is 36.4 Å². The van der Waals surface area contributed by atoms with Crippen molar-refractivity contribution in [2.45, 2.75) is 0 Å². The van der Waals surface area contributed by atoms with Crippen molar-refractivity contribution in [3.63, 3.8) is 0 Å². The predicted octanol–water partition coefficient (Wildman–Crippen LogP) is 2.24. The molecule has 0 atom stereocenters. The summed E-state index contributed by atoms with van der Waals surface area (Å²) in [5, 5.41) is 17.4. The molecular weight excluding hydrogens is 221 g/mol. The molecule has 0 fully saturated rings. The number of aromatic hydroxyl groups is 1. The summed E-state index contributed by atoms with van der Waals surface area (Å²) in [7, 11) is 0. The van der Waals surface area contributed by atoms with Crippen molar-refractivity contribution < 1.29 is 9.50 Å². The van der Waals surface area contributed by atoms with Gasteiger partial charge in [-0.15, -0.1) is 10.2 Å². The summed E-state index contributed by atoms with van der Waals surface area (Å²) >= 11 is 0. The van der Waals surface area contributed by atoms with E-state index in [1.165, 1.54) is 18.3 Å². The van der Waals surface area contributed by atoms with Crippen LogP contribution in [0.5, 0.6) is 5.75 Å². The molecule has 0 unspecified atom stereocenters. The third kappa shape index (κ3) is 1.61. The van der Waals surface area contributed by atoms with E-state index in [2.05, 4.69) is 10.2 Å². The van der Waals surface area contributed by atoms with Crippen molar-refractivity contribution in [2.24, 2.45) is 0 Å². The standard InChI is InChI=1S/C12H8FN3O/c13-9-3-1-8(2-4-9)12-15-14-11-6-5-10(17)7-16(11)12/h1-7,17H. The summed E-state index contributed by atoms with van der Waals surface area (Å²) in [6, 6.07) is 9.16. The highest BCUT2D eigenvalue weighted by atomic mass is 19.1. The number of hydrogen-bond donors (Lipinski definition) is 1. The van der Waals surface area contributed by atoms with E-state index in [4.69, 9.17) is 0 Å². The number of aromatic nitrogens is 3. The second kappa shape index (κ2) is 3.55. The van der Waals surface area contributed by atoms with Crippen LogP contribution in [-0.4, -0.2) is 19.7 Å². The molecule has 1 N–H and O–H groups in total. The fourth-order valence-corrected chi connectivity index (χ4v) is 1.68. The average Bonchev–Trinajstić information content (AvgIpc) is 2.73. The molecule has 2 heterocycles. The molecule has 0 aliphatic rings. The first-order chi connectivity index (χ1) is 8.24. The molecule has 0 radical (unpaired) electrons. The van der Waals surface area contributed by atoms with Gasteiger partial charge in [-0.1, -0.05) is 0 Å². The second-order valence-corrected chi connectivity index (χ2v) is 3.65. The van der Waals surface area contributed by atoms with Crippen LogP contribution in [0, 0.1) is 5.82 Å². The number of hydrogen-bond acceptors (Lipinski definition) is 3. The van der Waals surface area contributed by atoms with Crippen molar-refractivity contribution in [1.29, 1.82) is 0 Å². The van der Waals surface area contributed by atoms with Crippen LogP contribution in [0.1, 0.15) is 0 Å². The van der Waals surface area contributed by atoms with E-state index in [9.17, 15) is 9.50 Å². The van der Waals surface area contributed by atoms with Crippen LogP contribution in [0.4, 0.5) is 4.39 Å². The van der Waals surface area contributed by atoms with Gasteiger partial charge in [0.05, 0.1) is 6.20 Å². The Morgan fingerprint density at radius 3 is 2.53 bits per heavy atom. The Kier molecular flexibility index (Phi) is 2.04. The molecule has 4 nitrogen and oxygen atoms in total. The first kappa shape index (κ1) is 9.77. The van der Waals surface area contributed by atoms with E-state index in [0.717, 1.165) is 5.56 Å². The summed E-state index contributed by atoms with van der Waals surface area (Å²) in [6.45, 7) is 0. The molecule has 3 aromatic rings. The highest BCUT2D eigenvalue weighted by Gasteiger charge is 2.08. The smallest absolute Gasteiger partial charge is 0.168 e. The van der Waals surface area contributed by atoms with E-state index in [1.807, 2.05) is 0 Å². The first-order valence-corrected chi connectivity index (χ1v) is 5.04. The quantitative estimate of drug-likeness (QED) is 0.696. The molecule has 1 aromatic carbocycles. The minimum Gasteiger partial charge on any atom is -0.506 e. The van der Waals surface area contributed by atoms with Crippen LogP contribution in [0.15, 0.2) is 42.6 Å². The monoisotopic (exact) mass is 229 g/mol. The van der Waals surface area contributed by atoms with Gasteiger partial charge in [-0.3, -0.25) is 4.40 Å². The molecule has 84 valence electrons. The highest BCUT2D eigenvalue weighted by Crippen LogP contribution is 2.20. The number of rotatable bonds is 1. The van der Waals surface area contributed by atoms with Crippen LogP contribution in [-0.2, 0) is 0 Å². The molecule has 0 aliphatic heterocycles. The van der Waals surface area contributed by atoms with Gasteiger partial charge in [0.2, 0.25) is 0 Å². The number of pyridine rings is 1. The number of halogens is 1. The highest BCUT2D eigenvalue weighted by molar-refractivity contribution is 5.59. The van der Waals surface area contributed by atoms with E-state index in [1.54, 1.807) is 28.7 Å². The van der Waals surface area contributed by atoms with Gasteiger partial charge in [-0.25, -0.2) is 4.39 Å². The molecule has 3 rings (SSSR count). The zero-order valence-corrected chi connectivity index (χ0v) is 8.71. The fraction of sp³-hybridized carbons (Fsp3) is 0. The van der Waals surface area contributed by atoms with Gasteiger partial charge >= 0.3 is 0 Å². The molecule has 0 amide bonds.